The van der Waals surface area contributed by atoms with Gasteiger partial charge in [-0.1, -0.05) is 31.8 Å². The summed E-state index contributed by atoms with van der Waals surface area (Å²) in [6.45, 7) is 16.0. The van der Waals surface area contributed by atoms with Gasteiger partial charge >= 0.3 is 0 Å². The second-order valence-corrected chi connectivity index (χ2v) is 12.4. The first-order chi connectivity index (χ1) is 8.24. The second-order valence-electron chi connectivity index (χ2n) is 7.42. The van der Waals surface area contributed by atoms with Crippen LogP contribution in [0, 0.1) is 11.8 Å². The van der Waals surface area contributed by atoms with Crippen molar-refractivity contribution in [3.8, 4) is 0 Å². The molecule has 0 N–H and O–H groups in total. The number of allylic oxidation sites excluding steroid dienone is 1. The normalized spacial score (nSPS) is 37.7. The molecule has 0 aromatic heterocycles. The summed E-state index contributed by atoms with van der Waals surface area (Å²) in [7, 11) is -1.31. The molecule has 0 aromatic carbocycles. The smallest absolute Gasteiger partial charge is 0.0987 e. The molecular weight excluding hydrogens is 236 g/mol. The third-order valence-electron chi connectivity index (χ3n) is 5.08. The van der Waals surface area contributed by atoms with Crippen molar-refractivity contribution in [1.82, 2.24) is 5.01 Å². The monoisotopic (exact) mass is 260 g/mol. The van der Waals surface area contributed by atoms with Crippen LogP contribution in [0.25, 0.3) is 0 Å². The molecule has 2 heterocycles. The molecule has 3 rings (SSSR count). The van der Waals surface area contributed by atoms with E-state index >= 15 is 0 Å². The zero-order valence-electron chi connectivity index (χ0n) is 12.2. The molecule has 0 aromatic rings. The van der Waals surface area contributed by atoms with E-state index in [0.717, 1.165) is 0 Å². The molecule has 1 unspecified atom stereocenters. The largest absolute Gasteiger partial charge is 0.263 e. The number of rotatable bonds is 2. The molecule has 1 saturated carbocycles. The van der Waals surface area contributed by atoms with Crippen LogP contribution in [0.15, 0.2) is 29.0 Å². The average Bonchev–Trinajstić information content (AvgIpc) is 2.52. The Bertz CT molecular complexity index is 483. The fourth-order valence-electron chi connectivity index (χ4n) is 3.74. The van der Waals surface area contributed by atoms with Gasteiger partial charge in [-0.15, -0.1) is 0 Å². The van der Waals surface area contributed by atoms with Gasteiger partial charge in [-0.2, -0.15) is 5.10 Å². The maximum absolute atomic E-state index is 4.94. The van der Waals surface area contributed by atoms with E-state index < -0.39 is 8.07 Å². The van der Waals surface area contributed by atoms with Crippen LogP contribution in [-0.4, -0.2) is 24.0 Å². The topological polar surface area (TPSA) is 15.6 Å². The van der Waals surface area contributed by atoms with Gasteiger partial charge in [0, 0.05) is 17.5 Å². The van der Waals surface area contributed by atoms with Crippen molar-refractivity contribution in [3.63, 3.8) is 0 Å². The van der Waals surface area contributed by atoms with Crippen molar-refractivity contribution in [1.29, 1.82) is 0 Å². The molecule has 3 atom stereocenters. The molecular formula is C15H24N2Si. The van der Waals surface area contributed by atoms with Crippen LogP contribution in [0.5, 0.6) is 0 Å². The Labute approximate surface area is 111 Å². The number of hydrogen-bond donors (Lipinski definition) is 0. The van der Waals surface area contributed by atoms with Crippen molar-refractivity contribution in [2.45, 2.75) is 51.9 Å². The highest BCUT2D eigenvalue weighted by Gasteiger charge is 2.59. The van der Waals surface area contributed by atoms with Crippen LogP contribution in [0.3, 0.4) is 0 Å². The minimum absolute atomic E-state index is 0.224. The molecule has 98 valence electrons. The van der Waals surface area contributed by atoms with E-state index in [1.807, 2.05) is 0 Å². The molecule has 3 aliphatic rings. The molecule has 1 fully saturated rings. The molecule has 3 heteroatoms. The molecule has 0 bridgehead atoms. The van der Waals surface area contributed by atoms with E-state index in [1.165, 1.54) is 23.7 Å². The predicted octanol–water partition coefficient (Wildman–Crippen LogP) is 3.79. The SMILES string of the molecule is C=C(C)[C@H]1CC2=CN3N=C([Si](C)(C)C)C(C1)[C@]23C. The molecule has 18 heavy (non-hydrogen) atoms. The Morgan fingerprint density at radius 1 is 1.50 bits per heavy atom. The van der Waals surface area contributed by atoms with E-state index in [-0.39, 0.29) is 5.54 Å². The van der Waals surface area contributed by atoms with E-state index in [9.17, 15) is 0 Å². The Balaban J connectivity index is 1.99. The Morgan fingerprint density at radius 3 is 2.72 bits per heavy atom. The maximum Gasteiger partial charge on any atom is 0.0987 e. The summed E-state index contributed by atoms with van der Waals surface area (Å²) in [6, 6.07) is 0. The zero-order chi connectivity index (χ0) is 13.3. The lowest BCUT2D eigenvalue weighted by Gasteiger charge is -2.52. The van der Waals surface area contributed by atoms with Gasteiger partial charge < -0.3 is 0 Å². The minimum atomic E-state index is -1.31. The molecule has 0 saturated heterocycles. The second kappa shape index (κ2) is 3.38. The number of hydrazone groups is 1. The van der Waals surface area contributed by atoms with E-state index in [2.05, 4.69) is 51.3 Å². The highest BCUT2D eigenvalue weighted by Crippen LogP contribution is 2.56. The predicted molar refractivity (Wildman–Crippen MR) is 80.1 cm³/mol. The summed E-state index contributed by atoms with van der Waals surface area (Å²) < 4.78 is 0. The quantitative estimate of drug-likeness (QED) is 0.545. The lowest BCUT2D eigenvalue weighted by Crippen LogP contribution is -2.57. The summed E-state index contributed by atoms with van der Waals surface area (Å²) >= 11 is 0. The zero-order valence-corrected chi connectivity index (χ0v) is 13.2. The molecule has 0 radical (unpaired) electrons. The Morgan fingerprint density at radius 2 is 2.17 bits per heavy atom. The van der Waals surface area contributed by atoms with Crippen LogP contribution >= 0.6 is 0 Å². The van der Waals surface area contributed by atoms with Gasteiger partial charge in [-0.05, 0) is 38.2 Å². The highest BCUT2D eigenvalue weighted by molar-refractivity contribution is 7.04. The van der Waals surface area contributed by atoms with Gasteiger partial charge in [-0.25, -0.2) is 0 Å². The van der Waals surface area contributed by atoms with Gasteiger partial charge in [0.25, 0.3) is 0 Å². The fraction of sp³-hybridized carbons (Fsp3) is 0.667. The van der Waals surface area contributed by atoms with Gasteiger partial charge in [0.05, 0.1) is 13.6 Å². The standard InChI is InChI=1S/C15H24N2Si/c1-10(2)11-7-12-9-17-15(12,3)13(8-11)14(16-17)18(4,5)6/h9,11,13H,1,7-8H2,2-6H3/t11-,13?,15-/m0/s1. The number of hydrogen-bond acceptors (Lipinski definition) is 2. The van der Waals surface area contributed by atoms with Crippen molar-refractivity contribution in [3.05, 3.63) is 23.9 Å². The van der Waals surface area contributed by atoms with E-state index in [1.54, 1.807) is 5.57 Å². The summed E-state index contributed by atoms with van der Waals surface area (Å²) in [6.07, 6.45) is 4.73. The van der Waals surface area contributed by atoms with Gasteiger partial charge in [-0.3, -0.25) is 5.01 Å². The summed E-state index contributed by atoms with van der Waals surface area (Å²) in [5.74, 6) is 1.30. The lowest BCUT2D eigenvalue weighted by atomic mass is 9.63. The van der Waals surface area contributed by atoms with Gasteiger partial charge in [0.1, 0.15) is 0 Å². The third-order valence-corrected chi connectivity index (χ3v) is 7.07. The minimum Gasteiger partial charge on any atom is -0.263 e. The van der Waals surface area contributed by atoms with E-state index in [4.69, 9.17) is 5.10 Å². The van der Waals surface area contributed by atoms with Crippen LogP contribution in [-0.2, 0) is 0 Å². The first-order valence-electron chi connectivity index (χ1n) is 6.99. The fourth-order valence-corrected chi connectivity index (χ4v) is 5.60. The first-order valence-corrected chi connectivity index (χ1v) is 10.5. The van der Waals surface area contributed by atoms with Crippen LogP contribution in [0.2, 0.25) is 19.6 Å². The van der Waals surface area contributed by atoms with Crippen LogP contribution in [0.1, 0.15) is 26.7 Å². The van der Waals surface area contributed by atoms with Gasteiger partial charge in [0.15, 0.2) is 0 Å². The van der Waals surface area contributed by atoms with Crippen molar-refractivity contribution in [2.24, 2.45) is 16.9 Å². The average molecular weight is 260 g/mol. The summed E-state index contributed by atoms with van der Waals surface area (Å²) in [5, 5.41) is 8.70. The van der Waals surface area contributed by atoms with Gasteiger partial charge in [0.2, 0.25) is 0 Å². The highest BCUT2D eigenvalue weighted by atomic mass is 28.3. The van der Waals surface area contributed by atoms with E-state index in [0.29, 0.717) is 11.8 Å². The summed E-state index contributed by atoms with van der Waals surface area (Å²) in [4.78, 5) is 0. The third kappa shape index (κ3) is 1.37. The van der Waals surface area contributed by atoms with Crippen LogP contribution < -0.4 is 0 Å². The van der Waals surface area contributed by atoms with Crippen molar-refractivity contribution >= 4 is 13.4 Å². The molecule has 2 aliphatic heterocycles. The maximum atomic E-state index is 4.94. The Kier molecular flexibility index (Phi) is 2.29. The molecule has 1 aliphatic carbocycles. The molecule has 0 amide bonds. The van der Waals surface area contributed by atoms with Crippen molar-refractivity contribution in [2.75, 3.05) is 0 Å². The Hall–Kier alpha value is -0.833. The van der Waals surface area contributed by atoms with Crippen molar-refractivity contribution < 1.29 is 0 Å². The first kappa shape index (κ1) is 12.2. The summed E-state index contributed by atoms with van der Waals surface area (Å²) in [5.41, 5.74) is 3.17. The molecule has 2 nitrogen and oxygen atoms in total. The molecule has 0 spiro atoms. The number of nitrogens with zero attached hydrogens (tertiary/aromatic N) is 2. The van der Waals surface area contributed by atoms with Crippen LogP contribution in [0.4, 0.5) is 0 Å². The lowest BCUT2D eigenvalue weighted by molar-refractivity contribution is 0.106.